The second-order valence-electron chi connectivity index (χ2n) is 5.06. The van der Waals surface area contributed by atoms with E-state index in [4.69, 9.17) is 22.1 Å². The number of hydrogen-bond acceptors (Lipinski definition) is 3. The molecule has 1 heterocycles. The maximum absolute atomic E-state index is 6.39. The number of halogens is 1. The van der Waals surface area contributed by atoms with E-state index in [1.54, 1.807) is 18.4 Å². The standard InChI is InChI=1S/C15H18ClNOS/c1-15(17,10-13-7-8-14(16)19-13)9-11-3-5-12(18-2)6-4-11/h3-8H,9-10,17H2,1-2H3. The van der Waals surface area contributed by atoms with Crippen LogP contribution in [0, 0.1) is 0 Å². The zero-order valence-electron chi connectivity index (χ0n) is 11.2. The van der Waals surface area contributed by atoms with Crippen LogP contribution >= 0.6 is 22.9 Å². The van der Waals surface area contributed by atoms with Gasteiger partial charge in [0.15, 0.2) is 0 Å². The van der Waals surface area contributed by atoms with Crippen LogP contribution in [0.15, 0.2) is 36.4 Å². The van der Waals surface area contributed by atoms with Crippen LogP contribution in [-0.4, -0.2) is 12.6 Å². The van der Waals surface area contributed by atoms with E-state index in [1.165, 1.54) is 10.4 Å². The summed E-state index contributed by atoms with van der Waals surface area (Å²) in [7, 11) is 1.67. The fourth-order valence-electron chi connectivity index (χ4n) is 2.12. The molecule has 1 unspecified atom stereocenters. The summed E-state index contributed by atoms with van der Waals surface area (Å²) >= 11 is 7.54. The molecule has 1 aromatic heterocycles. The van der Waals surface area contributed by atoms with Gasteiger partial charge in [-0.2, -0.15) is 0 Å². The number of thiophene rings is 1. The number of methoxy groups -OCH3 is 1. The second kappa shape index (κ2) is 5.95. The molecule has 102 valence electrons. The summed E-state index contributed by atoms with van der Waals surface area (Å²) < 4.78 is 5.97. The lowest BCUT2D eigenvalue weighted by molar-refractivity contribution is 0.414. The molecule has 2 nitrogen and oxygen atoms in total. The number of ether oxygens (including phenoxy) is 1. The summed E-state index contributed by atoms with van der Waals surface area (Å²) in [4.78, 5) is 1.23. The molecule has 2 aromatic rings. The van der Waals surface area contributed by atoms with Crippen molar-refractivity contribution in [2.75, 3.05) is 7.11 Å². The van der Waals surface area contributed by atoms with E-state index in [-0.39, 0.29) is 5.54 Å². The molecule has 2 rings (SSSR count). The summed E-state index contributed by atoms with van der Waals surface area (Å²) in [5, 5.41) is 0. The van der Waals surface area contributed by atoms with Crippen molar-refractivity contribution in [2.24, 2.45) is 5.73 Å². The highest BCUT2D eigenvalue weighted by molar-refractivity contribution is 7.16. The Morgan fingerprint density at radius 3 is 2.37 bits per heavy atom. The molecule has 0 aliphatic rings. The first kappa shape index (κ1) is 14.4. The van der Waals surface area contributed by atoms with Gasteiger partial charge in [-0.25, -0.2) is 0 Å². The minimum absolute atomic E-state index is 0.275. The Kier molecular flexibility index (Phi) is 4.50. The van der Waals surface area contributed by atoms with Crippen molar-refractivity contribution in [2.45, 2.75) is 25.3 Å². The van der Waals surface area contributed by atoms with Crippen LogP contribution < -0.4 is 10.5 Å². The first-order chi connectivity index (χ1) is 8.98. The molecule has 0 radical (unpaired) electrons. The summed E-state index contributed by atoms with van der Waals surface area (Å²) in [6.07, 6.45) is 1.66. The molecule has 19 heavy (non-hydrogen) atoms. The average Bonchev–Trinajstić information content (AvgIpc) is 2.74. The van der Waals surface area contributed by atoms with E-state index in [2.05, 4.69) is 19.1 Å². The zero-order valence-corrected chi connectivity index (χ0v) is 12.7. The Morgan fingerprint density at radius 1 is 1.16 bits per heavy atom. The highest BCUT2D eigenvalue weighted by Crippen LogP contribution is 2.26. The van der Waals surface area contributed by atoms with Gasteiger partial charge in [-0.1, -0.05) is 23.7 Å². The molecule has 0 saturated heterocycles. The van der Waals surface area contributed by atoms with Crippen LogP contribution in [0.1, 0.15) is 17.4 Å². The molecule has 1 atom stereocenters. The van der Waals surface area contributed by atoms with Crippen molar-refractivity contribution in [1.82, 2.24) is 0 Å². The maximum atomic E-state index is 6.39. The number of rotatable bonds is 5. The molecular weight excluding hydrogens is 278 g/mol. The molecule has 2 N–H and O–H groups in total. The first-order valence-electron chi connectivity index (χ1n) is 6.14. The lowest BCUT2D eigenvalue weighted by Crippen LogP contribution is -2.40. The molecule has 0 bridgehead atoms. The van der Waals surface area contributed by atoms with Crippen molar-refractivity contribution < 1.29 is 4.74 Å². The number of hydrogen-bond donors (Lipinski definition) is 1. The number of benzene rings is 1. The van der Waals surface area contributed by atoms with Gasteiger partial charge in [0.25, 0.3) is 0 Å². The van der Waals surface area contributed by atoms with Gasteiger partial charge >= 0.3 is 0 Å². The molecule has 4 heteroatoms. The molecule has 0 aliphatic heterocycles. The minimum atomic E-state index is -0.275. The summed E-state index contributed by atoms with van der Waals surface area (Å²) in [5.41, 5.74) is 7.33. The Labute approximate surface area is 123 Å². The molecule has 0 spiro atoms. The van der Waals surface area contributed by atoms with Crippen molar-refractivity contribution in [3.63, 3.8) is 0 Å². The third kappa shape index (κ3) is 4.23. The van der Waals surface area contributed by atoms with E-state index in [0.29, 0.717) is 0 Å². The molecule has 0 amide bonds. The zero-order chi connectivity index (χ0) is 13.9. The fourth-order valence-corrected chi connectivity index (χ4v) is 3.40. The Hall–Kier alpha value is -1.03. The van der Waals surface area contributed by atoms with Gasteiger partial charge in [0, 0.05) is 10.4 Å². The van der Waals surface area contributed by atoms with Gasteiger partial charge in [0.1, 0.15) is 5.75 Å². The van der Waals surface area contributed by atoms with Crippen LogP contribution in [0.3, 0.4) is 0 Å². The summed E-state index contributed by atoms with van der Waals surface area (Å²) in [6.45, 7) is 2.07. The third-order valence-corrected chi connectivity index (χ3v) is 4.21. The number of nitrogens with two attached hydrogens (primary N) is 1. The smallest absolute Gasteiger partial charge is 0.118 e. The Morgan fingerprint density at radius 2 is 1.84 bits per heavy atom. The Balaban J connectivity index is 2.03. The Bertz CT molecular complexity index is 533. The second-order valence-corrected chi connectivity index (χ2v) is 6.86. The van der Waals surface area contributed by atoms with Crippen LogP contribution in [0.4, 0.5) is 0 Å². The largest absolute Gasteiger partial charge is 0.497 e. The van der Waals surface area contributed by atoms with Crippen LogP contribution in [0.2, 0.25) is 4.34 Å². The van der Waals surface area contributed by atoms with Crippen molar-refractivity contribution in [3.8, 4) is 5.75 Å². The highest BCUT2D eigenvalue weighted by Gasteiger charge is 2.20. The van der Waals surface area contributed by atoms with Crippen LogP contribution in [0.5, 0.6) is 5.75 Å². The van der Waals surface area contributed by atoms with Crippen LogP contribution in [-0.2, 0) is 12.8 Å². The molecule has 0 aliphatic carbocycles. The molecule has 1 aromatic carbocycles. The van der Waals surface area contributed by atoms with Gasteiger partial charge in [-0.15, -0.1) is 11.3 Å². The molecule has 0 fully saturated rings. The van der Waals surface area contributed by atoms with E-state index in [0.717, 1.165) is 22.9 Å². The third-order valence-electron chi connectivity index (χ3n) is 2.97. The van der Waals surface area contributed by atoms with Gasteiger partial charge in [0.05, 0.1) is 11.4 Å². The predicted octanol–water partition coefficient (Wildman–Crippen LogP) is 3.91. The van der Waals surface area contributed by atoms with Gasteiger partial charge in [0.2, 0.25) is 0 Å². The lowest BCUT2D eigenvalue weighted by atomic mass is 9.90. The maximum Gasteiger partial charge on any atom is 0.118 e. The van der Waals surface area contributed by atoms with Crippen molar-refractivity contribution in [3.05, 3.63) is 51.2 Å². The average molecular weight is 296 g/mol. The van der Waals surface area contributed by atoms with E-state index in [9.17, 15) is 0 Å². The predicted molar refractivity (Wildman–Crippen MR) is 82.3 cm³/mol. The van der Waals surface area contributed by atoms with Gasteiger partial charge in [-0.3, -0.25) is 0 Å². The van der Waals surface area contributed by atoms with E-state index < -0.39 is 0 Å². The van der Waals surface area contributed by atoms with Crippen molar-refractivity contribution in [1.29, 1.82) is 0 Å². The monoisotopic (exact) mass is 295 g/mol. The fraction of sp³-hybridized carbons (Fsp3) is 0.333. The topological polar surface area (TPSA) is 35.2 Å². The van der Waals surface area contributed by atoms with Crippen LogP contribution in [0.25, 0.3) is 0 Å². The first-order valence-corrected chi connectivity index (χ1v) is 7.34. The van der Waals surface area contributed by atoms with E-state index >= 15 is 0 Å². The highest BCUT2D eigenvalue weighted by atomic mass is 35.5. The van der Waals surface area contributed by atoms with E-state index in [1.807, 2.05) is 24.3 Å². The summed E-state index contributed by atoms with van der Waals surface area (Å²) in [5.74, 6) is 0.868. The SMILES string of the molecule is COc1ccc(CC(C)(N)Cc2ccc(Cl)s2)cc1. The molecule has 0 saturated carbocycles. The summed E-state index contributed by atoms with van der Waals surface area (Å²) in [6, 6.07) is 12.0. The minimum Gasteiger partial charge on any atom is -0.497 e. The quantitative estimate of drug-likeness (QED) is 0.907. The van der Waals surface area contributed by atoms with Gasteiger partial charge < -0.3 is 10.5 Å². The molecular formula is C15H18ClNOS. The van der Waals surface area contributed by atoms with Crippen molar-refractivity contribution >= 4 is 22.9 Å². The lowest BCUT2D eigenvalue weighted by Gasteiger charge is -2.24. The normalized spacial score (nSPS) is 14.1. The van der Waals surface area contributed by atoms with Gasteiger partial charge in [-0.05, 0) is 49.6 Å².